The van der Waals surface area contributed by atoms with Crippen molar-refractivity contribution < 1.29 is 13.6 Å². The summed E-state index contributed by atoms with van der Waals surface area (Å²) in [7, 11) is 0. The van der Waals surface area contributed by atoms with Crippen molar-refractivity contribution in [3.63, 3.8) is 0 Å². The molecule has 26 heavy (non-hydrogen) atoms. The number of nitrogens with zero attached hydrogens (tertiary/aromatic N) is 3. The first-order valence-corrected chi connectivity index (χ1v) is 8.58. The summed E-state index contributed by atoms with van der Waals surface area (Å²) < 4.78 is 18.8. The molecule has 1 aromatic carbocycles. The SMILES string of the molecule is Cc1nnc(C(CC(C)C)NC(=O)c2cc3ccc(F)cc3nc2Cl)o1. The fraction of sp³-hybridized carbons (Fsp3) is 0.333. The van der Waals surface area contributed by atoms with Gasteiger partial charge in [-0.25, -0.2) is 9.37 Å². The van der Waals surface area contributed by atoms with Crippen molar-refractivity contribution in [3.8, 4) is 0 Å². The first-order chi connectivity index (χ1) is 12.3. The molecule has 8 heteroatoms. The minimum Gasteiger partial charge on any atom is -0.423 e. The molecule has 136 valence electrons. The Morgan fingerprint density at radius 3 is 2.73 bits per heavy atom. The lowest BCUT2D eigenvalue weighted by molar-refractivity contribution is 0.0924. The number of benzene rings is 1. The van der Waals surface area contributed by atoms with Crippen molar-refractivity contribution in [1.82, 2.24) is 20.5 Å². The third kappa shape index (κ3) is 3.99. The summed E-state index contributed by atoms with van der Waals surface area (Å²) in [4.78, 5) is 16.9. The number of nitrogens with one attached hydrogen (secondary N) is 1. The number of aromatic nitrogens is 3. The van der Waals surface area contributed by atoms with Gasteiger partial charge in [0.1, 0.15) is 17.0 Å². The second kappa shape index (κ2) is 7.37. The molecular formula is C18H18ClFN4O2. The van der Waals surface area contributed by atoms with Crippen molar-refractivity contribution in [3.05, 3.63) is 52.6 Å². The highest BCUT2D eigenvalue weighted by Gasteiger charge is 2.24. The van der Waals surface area contributed by atoms with Gasteiger partial charge in [0.15, 0.2) is 0 Å². The summed E-state index contributed by atoms with van der Waals surface area (Å²) in [6.07, 6.45) is 0.622. The first kappa shape index (κ1) is 18.3. The van der Waals surface area contributed by atoms with Crippen LogP contribution in [0.3, 0.4) is 0 Å². The van der Waals surface area contributed by atoms with Gasteiger partial charge in [-0.2, -0.15) is 0 Å². The Balaban J connectivity index is 1.90. The van der Waals surface area contributed by atoms with E-state index in [2.05, 4.69) is 20.5 Å². The van der Waals surface area contributed by atoms with Gasteiger partial charge in [-0.1, -0.05) is 25.4 Å². The summed E-state index contributed by atoms with van der Waals surface area (Å²) in [5, 5.41) is 11.3. The monoisotopic (exact) mass is 376 g/mol. The average molecular weight is 377 g/mol. The predicted octanol–water partition coefficient (Wildman–Crippen LogP) is 4.24. The molecule has 0 aliphatic heterocycles. The minimum absolute atomic E-state index is 0.00519. The Morgan fingerprint density at radius 2 is 2.08 bits per heavy atom. The van der Waals surface area contributed by atoms with E-state index in [0.717, 1.165) is 0 Å². The van der Waals surface area contributed by atoms with Gasteiger partial charge in [-0.3, -0.25) is 4.79 Å². The average Bonchev–Trinajstić information content (AvgIpc) is 2.99. The van der Waals surface area contributed by atoms with Crippen LogP contribution < -0.4 is 5.32 Å². The van der Waals surface area contributed by atoms with Crippen LogP contribution in [0.15, 0.2) is 28.7 Å². The van der Waals surface area contributed by atoms with Crippen LogP contribution in [0, 0.1) is 18.7 Å². The molecule has 3 rings (SSSR count). The number of amides is 1. The van der Waals surface area contributed by atoms with Crippen molar-refractivity contribution >= 4 is 28.4 Å². The maximum atomic E-state index is 13.3. The van der Waals surface area contributed by atoms with Crippen LogP contribution >= 0.6 is 11.6 Å². The lowest BCUT2D eigenvalue weighted by Crippen LogP contribution is -2.30. The standard InChI is InChI=1S/C18H18ClFN4O2/c1-9(2)6-15(18-24-23-10(3)26-18)22-17(25)13-7-11-4-5-12(20)8-14(11)21-16(13)19/h4-5,7-9,15H,6H2,1-3H3,(H,22,25). The molecule has 0 saturated heterocycles. The van der Waals surface area contributed by atoms with Crippen LogP contribution in [0.5, 0.6) is 0 Å². The maximum absolute atomic E-state index is 13.3. The lowest BCUT2D eigenvalue weighted by atomic mass is 10.0. The van der Waals surface area contributed by atoms with Crippen LogP contribution in [-0.4, -0.2) is 21.1 Å². The maximum Gasteiger partial charge on any atom is 0.255 e. The van der Waals surface area contributed by atoms with Gasteiger partial charge in [-0.05, 0) is 30.5 Å². The molecule has 0 aliphatic carbocycles. The normalized spacial score (nSPS) is 12.5. The van der Waals surface area contributed by atoms with Gasteiger partial charge < -0.3 is 9.73 Å². The Kier molecular flexibility index (Phi) is 5.18. The molecule has 1 amide bonds. The number of pyridine rings is 1. The molecule has 3 aromatic rings. The Hall–Kier alpha value is -2.54. The molecule has 2 aromatic heterocycles. The van der Waals surface area contributed by atoms with Gasteiger partial charge in [0.25, 0.3) is 5.91 Å². The number of hydrogen-bond acceptors (Lipinski definition) is 5. The van der Waals surface area contributed by atoms with Crippen LogP contribution in [0.25, 0.3) is 10.9 Å². The second-order valence-corrected chi connectivity index (χ2v) is 6.84. The van der Waals surface area contributed by atoms with E-state index in [4.69, 9.17) is 16.0 Å². The number of aryl methyl sites for hydroxylation is 1. The largest absolute Gasteiger partial charge is 0.423 e. The summed E-state index contributed by atoms with van der Waals surface area (Å²) >= 11 is 6.14. The highest BCUT2D eigenvalue weighted by Crippen LogP contribution is 2.24. The van der Waals surface area contributed by atoms with E-state index in [1.165, 1.54) is 12.1 Å². The lowest BCUT2D eigenvalue weighted by Gasteiger charge is -2.17. The molecule has 1 unspecified atom stereocenters. The molecule has 6 nitrogen and oxygen atoms in total. The molecule has 1 atom stereocenters. The van der Waals surface area contributed by atoms with E-state index in [1.54, 1.807) is 19.1 Å². The van der Waals surface area contributed by atoms with E-state index < -0.39 is 17.8 Å². The molecule has 0 fully saturated rings. The van der Waals surface area contributed by atoms with E-state index in [-0.39, 0.29) is 10.7 Å². The summed E-state index contributed by atoms with van der Waals surface area (Å²) in [5.41, 5.74) is 0.591. The molecule has 0 bridgehead atoms. The van der Waals surface area contributed by atoms with Gasteiger partial charge in [0.2, 0.25) is 11.8 Å². The van der Waals surface area contributed by atoms with Crippen molar-refractivity contribution in [2.24, 2.45) is 5.92 Å². The molecule has 0 spiro atoms. The number of rotatable bonds is 5. The van der Waals surface area contributed by atoms with E-state index in [9.17, 15) is 9.18 Å². The molecular weight excluding hydrogens is 359 g/mol. The van der Waals surface area contributed by atoms with E-state index in [1.807, 2.05) is 13.8 Å². The topological polar surface area (TPSA) is 80.9 Å². The van der Waals surface area contributed by atoms with Crippen LogP contribution in [0.2, 0.25) is 5.15 Å². The van der Waals surface area contributed by atoms with E-state index in [0.29, 0.717) is 35.0 Å². The third-order valence-corrected chi connectivity index (χ3v) is 4.12. The predicted molar refractivity (Wildman–Crippen MR) is 95.4 cm³/mol. The molecule has 0 aliphatic rings. The molecule has 1 N–H and O–H groups in total. The fourth-order valence-corrected chi connectivity index (χ4v) is 2.89. The highest BCUT2D eigenvalue weighted by atomic mass is 35.5. The van der Waals surface area contributed by atoms with Crippen LogP contribution in [0.4, 0.5) is 4.39 Å². The van der Waals surface area contributed by atoms with Crippen molar-refractivity contribution in [2.45, 2.75) is 33.2 Å². The van der Waals surface area contributed by atoms with Gasteiger partial charge in [-0.15, -0.1) is 10.2 Å². The zero-order valence-electron chi connectivity index (χ0n) is 14.6. The summed E-state index contributed by atoms with van der Waals surface area (Å²) in [6, 6.07) is 5.28. The molecule has 2 heterocycles. The Labute approximate surface area is 154 Å². The van der Waals surface area contributed by atoms with Crippen LogP contribution in [-0.2, 0) is 0 Å². The third-order valence-electron chi connectivity index (χ3n) is 3.83. The van der Waals surface area contributed by atoms with Gasteiger partial charge >= 0.3 is 0 Å². The number of carbonyl (C=O) groups excluding carboxylic acids is 1. The number of carbonyl (C=O) groups is 1. The quantitative estimate of drug-likeness (QED) is 0.674. The molecule has 0 radical (unpaired) electrons. The second-order valence-electron chi connectivity index (χ2n) is 6.48. The number of fused-ring (bicyclic) bond motifs is 1. The Morgan fingerprint density at radius 1 is 1.31 bits per heavy atom. The van der Waals surface area contributed by atoms with Gasteiger partial charge in [0.05, 0.1) is 11.1 Å². The number of hydrogen-bond donors (Lipinski definition) is 1. The summed E-state index contributed by atoms with van der Waals surface area (Å²) in [6.45, 7) is 5.75. The van der Waals surface area contributed by atoms with Crippen molar-refractivity contribution in [1.29, 1.82) is 0 Å². The molecule has 0 saturated carbocycles. The number of halogens is 2. The Bertz CT molecular complexity index is 958. The van der Waals surface area contributed by atoms with Crippen LogP contribution in [0.1, 0.15) is 48.4 Å². The summed E-state index contributed by atoms with van der Waals surface area (Å²) in [5.74, 6) is 0.241. The van der Waals surface area contributed by atoms with E-state index >= 15 is 0 Å². The fourth-order valence-electron chi connectivity index (χ4n) is 2.66. The van der Waals surface area contributed by atoms with Crippen molar-refractivity contribution in [2.75, 3.05) is 0 Å². The first-order valence-electron chi connectivity index (χ1n) is 8.20. The van der Waals surface area contributed by atoms with Gasteiger partial charge in [0, 0.05) is 18.4 Å². The smallest absolute Gasteiger partial charge is 0.255 e. The highest BCUT2D eigenvalue weighted by molar-refractivity contribution is 6.33. The zero-order valence-corrected chi connectivity index (χ0v) is 15.3. The minimum atomic E-state index is -0.441. The zero-order chi connectivity index (χ0) is 18.8.